The van der Waals surface area contributed by atoms with Crippen molar-refractivity contribution in [2.75, 3.05) is 11.6 Å². The highest BCUT2D eigenvalue weighted by atomic mass is 35.5. The summed E-state index contributed by atoms with van der Waals surface area (Å²) in [5.74, 6) is -0.136. The molecular weight excluding hydrogens is 437 g/mol. The van der Waals surface area contributed by atoms with Crippen LogP contribution in [0, 0.1) is 0 Å². The van der Waals surface area contributed by atoms with E-state index in [2.05, 4.69) is 15.3 Å². The second kappa shape index (κ2) is 10.1. The number of benzene rings is 1. The monoisotopic (exact) mass is 457 g/mol. The Hall–Kier alpha value is -1.15. The molecule has 1 aromatic carbocycles. The second-order valence-electron chi connectivity index (χ2n) is 6.55. The summed E-state index contributed by atoms with van der Waals surface area (Å²) in [5, 5.41) is 15.3. The molecule has 0 bridgehead atoms. The summed E-state index contributed by atoms with van der Waals surface area (Å²) in [6, 6.07) is 5.54. The average molecular weight is 458 g/mol. The third-order valence-corrected chi connectivity index (χ3v) is 6.74. The van der Waals surface area contributed by atoms with Crippen LogP contribution in [0.5, 0.6) is 0 Å². The summed E-state index contributed by atoms with van der Waals surface area (Å²) in [6.45, 7) is 0. The fourth-order valence-corrected chi connectivity index (χ4v) is 5.14. The number of nitrogens with one attached hydrogen (secondary N) is 1. The molecular formula is C19H21Cl2N3O2S2. The van der Waals surface area contributed by atoms with E-state index in [0.717, 1.165) is 31.2 Å². The van der Waals surface area contributed by atoms with Gasteiger partial charge in [-0.1, -0.05) is 60.3 Å². The first kappa shape index (κ1) is 21.6. The lowest BCUT2D eigenvalue weighted by Crippen LogP contribution is -2.25. The molecule has 0 atom stereocenters. The molecule has 2 N–H and O–H groups in total. The number of aromatic nitrogens is 2. The molecule has 1 heterocycles. The number of halogens is 2. The van der Waals surface area contributed by atoms with Crippen LogP contribution in [0.4, 0.5) is 5.82 Å². The van der Waals surface area contributed by atoms with Crippen LogP contribution in [0.1, 0.15) is 48.0 Å². The number of carboxylic acids is 1. The maximum Gasteiger partial charge on any atom is 0.342 e. The Balaban J connectivity index is 1.89. The van der Waals surface area contributed by atoms with E-state index in [0.29, 0.717) is 31.8 Å². The predicted octanol–water partition coefficient (Wildman–Crippen LogP) is 6.24. The van der Waals surface area contributed by atoms with Crippen LogP contribution < -0.4 is 5.32 Å². The summed E-state index contributed by atoms with van der Waals surface area (Å²) in [5.41, 5.74) is 0.997. The van der Waals surface area contributed by atoms with Gasteiger partial charge in [0.1, 0.15) is 16.4 Å². The Morgan fingerprint density at radius 2 is 2.00 bits per heavy atom. The fraction of sp³-hybridized carbons (Fsp3) is 0.421. The van der Waals surface area contributed by atoms with E-state index in [4.69, 9.17) is 23.2 Å². The summed E-state index contributed by atoms with van der Waals surface area (Å²) < 4.78 is 0. The molecule has 0 saturated heterocycles. The molecule has 1 aliphatic carbocycles. The number of carbonyl (C=O) groups is 1. The van der Waals surface area contributed by atoms with Crippen LogP contribution in [-0.2, 0) is 5.75 Å². The molecule has 5 nitrogen and oxygen atoms in total. The number of hydrogen-bond donors (Lipinski definition) is 2. The first-order chi connectivity index (χ1) is 13.5. The van der Waals surface area contributed by atoms with Gasteiger partial charge in [-0.3, -0.25) is 0 Å². The maximum atomic E-state index is 12.0. The number of aromatic carboxylic acids is 1. The lowest BCUT2D eigenvalue weighted by atomic mass is 9.95. The van der Waals surface area contributed by atoms with Crippen molar-refractivity contribution in [1.82, 2.24) is 9.97 Å². The van der Waals surface area contributed by atoms with Gasteiger partial charge in [0.15, 0.2) is 5.16 Å². The number of anilines is 1. The molecule has 1 aliphatic rings. The topological polar surface area (TPSA) is 75.1 Å². The van der Waals surface area contributed by atoms with Gasteiger partial charge >= 0.3 is 5.97 Å². The minimum absolute atomic E-state index is 0.124. The van der Waals surface area contributed by atoms with Crippen LogP contribution in [-0.4, -0.2) is 33.3 Å². The van der Waals surface area contributed by atoms with Crippen LogP contribution in [0.15, 0.2) is 28.4 Å². The average Bonchev–Trinajstić information content (AvgIpc) is 2.67. The summed E-state index contributed by atoms with van der Waals surface area (Å²) >= 11 is 14.9. The van der Waals surface area contributed by atoms with Crippen LogP contribution >= 0.6 is 46.7 Å². The lowest BCUT2D eigenvalue weighted by Gasteiger charge is -2.24. The molecule has 0 unspecified atom stereocenters. The summed E-state index contributed by atoms with van der Waals surface area (Å²) in [4.78, 5) is 20.9. The Morgan fingerprint density at radius 3 is 2.64 bits per heavy atom. The number of thioether (sulfide) groups is 2. The molecule has 150 valence electrons. The zero-order valence-electron chi connectivity index (χ0n) is 15.4. The minimum atomic E-state index is -1.03. The molecule has 1 aromatic heterocycles. The highest BCUT2D eigenvalue weighted by molar-refractivity contribution is 7.99. The first-order valence-corrected chi connectivity index (χ1v) is 12.0. The number of hydrogen-bond acceptors (Lipinski definition) is 6. The molecule has 28 heavy (non-hydrogen) atoms. The third-order valence-electron chi connectivity index (χ3n) is 4.58. The van der Waals surface area contributed by atoms with Gasteiger partial charge in [-0.25, -0.2) is 14.8 Å². The molecule has 3 rings (SSSR count). The van der Waals surface area contributed by atoms with Gasteiger partial charge in [-0.2, -0.15) is 0 Å². The van der Waals surface area contributed by atoms with E-state index < -0.39 is 5.97 Å². The van der Waals surface area contributed by atoms with Crippen molar-refractivity contribution in [3.8, 4) is 0 Å². The standard InChI is InChI=1S/C19H21Cl2N3O2S2/c1-27-19-23-16(22-13-5-3-2-4-6-13)15(18(25)26)17(24-19)28-10-11-7-8-12(20)9-14(11)21/h7-9,13H,2-6,10H2,1H3,(H,25,26)(H,22,23,24). The van der Waals surface area contributed by atoms with Crippen molar-refractivity contribution in [2.45, 2.75) is 54.1 Å². The number of rotatable bonds is 7. The summed E-state index contributed by atoms with van der Waals surface area (Å²) in [6.07, 6.45) is 7.47. The molecule has 0 amide bonds. The smallest absolute Gasteiger partial charge is 0.342 e. The van der Waals surface area contributed by atoms with Crippen molar-refractivity contribution in [2.24, 2.45) is 0 Å². The Labute approximate surface area is 183 Å². The number of nitrogens with zero attached hydrogens (tertiary/aromatic N) is 2. The quantitative estimate of drug-likeness (QED) is 0.289. The van der Waals surface area contributed by atoms with Gasteiger partial charge < -0.3 is 10.4 Å². The first-order valence-electron chi connectivity index (χ1n) is 9.00. The van der Waals surface area contributed by atoms with E-state index in [1.807, 2.05) is 12.3 Å². The number of carboxylic acid groups (broad SMARTS) is 1. The van der Waals surface area contributed by atoms with Crippen molar-refractivity contribution >= 4 is 58.5 Å². The van der Waals surface area contributed by atoms with E-state index in [1.165, 1.54) is 29.9 Å². The molecule has 2 aromatic rings. The van der Waals surface area contributed by atoms with Gasteiger partial charge in [-0.05, 0) is 36.8 Å². The zero-order chi connectivity index (χ0) is 20.1. The fourth-order valence-electron chi connectivity index (χ4n) is 3.14. The predicted molar refractivity (Wildman–Crippen MR) is 117 cm³/mol. The lowest BCUT2D eigenvalue weighted by molar-refractivity contribution is 0.0692. The summed E-state index contributed by atoms with van der Waals surface area (Å²) in [7, 11) is 0. The van der Waals surface area contributed by atoms with Gasteiger partial charge in [0.05, 0.1) is 0 Å². The van der Waals surface area contributed by atoms with Crippen LogP contribution in [0.3, 0.4) is 0 Å². The largest absolute Gasteiger partial charge is 0.477 e. The van der Waals surface area contributed by atoms with E-state index in [1.54, 1.807) is 12.1 Å². The van der Waals surface area contributed by atoms with E-state index in [9.17, 15) is 9.90 Å². The maximum absolute atomic E-state index is 12.0. The van der Waals surface area contributed by atoms with Crippen molar-refractivity contribution in [3.63, 3.8) is 0 Å². The molecule has 1 saturated carbocycles. The normalized spacial score (nSPS) is 14.8. The van der Waals surface area contributed by atoms with Gasteiger partial charge in [0, 0.05) is 21.8 Å². The minimum Gasteiger partial charge on any atom is -0.477 e. The molecule has 0 spiro atoms. The molecule has 0 aliphatic heterocycles. The Kier molecular flexibility index (Phi) is 7.74. The van der Waals surface area contributed by atoms with Gasteiger partial charge in [0.25, 0.3) is 0 Å². The molecule has 1 fully saturated rings. The van der Waals surface area contributed by atoms with Gasteiger partial charge in [-0.15, -0.1) is 11.8 Å². The zero-order valence-corrected chi connectivity index (χ0v) is 18.5. The Morgan fingerprint density at radius 1 is 1.25 bits per heavy atom. The van der Waals surface area contributed by atoms with Gasteiger partial charge in [0.2, 0.25) is 0 Å². The second-order valence-corrected chi connectivity index (χ2v) is 9.13. The van der Waals surface area contributed by atoms with E-state index >= 15 is 0 Å². The van der Waals surface area contributed by atoms with E-state index in [-0.39, 0.29) is 11.6 Å². The van der Waals surface area contributed by atoms with Crippen molar-refractivity contribution < 1.29 is 9.90 Å². The highest BCUT2D eigenvalue weighted by Gasteiger charge is 2.24. The SMILES string of the molecule is CSc1nc(NC2CCCCC2)c(C(=O)O)c(SCc2ccc(Cl)cc2Cl)n1. The van der Waals surface area contributed by atoms with Crippen LogP contribution in [0.2, 0.25) is 10.0 Å². The molecule has 0 radical (unpaired) electrons. The highest BCUT2D eigenvalue weighted by Crippen LogP contribution is 2.34. The van der Waals surface area contributed by atoms with Crippen molar-refractivity contribution in [3.05, 3.63) is 39.4 Å². The Bertz CT molecular complexity index is 861. The molecule has 9 heteroatoms. The third kappa shape index (κ3) is 5.47. The van der Waals surface area contributed by atoms with Crippen molar-refractivity contribution in [1.29, 1.82) is 0 Å². The van der Waals surface area contributed by atoms with Crippen LogP contribution in [0.25, 0.3) is 0 Å².